The molecule has 1 saturated carbocycles. The molecular weight excluding hydrogens is 258 g/mol. The summed E-state index contributed by atoms with van der Waals surface area (Å²) in [5.74, 6) is 0.600. The molecule has 0 amide bonds. The SMILES string of the molecule is CCCNC1CCC(CCC)CC1S(=O)(=O)C(C)C. The zero-order valence-corrected chi connectivity index (χ0v) is 13.8. The fourth-order valence-electron chi connectivity index (χ4n) is 3.16. The van der Waals surface area contributed by atoms with Crippen molar-refractivity contribution in [3.05, 3.63) is 0 Å². The normalized spacial score (nSPS) is 28.8. The summed E-state index contributed by atoms with van der Waals surface area (Å²) in [5, 5.41) is 3.03. The van der Waals surface area contributed by atoms with Crippen LogP contribution >= 0.6 is 0 Å². The number of hydrogen-bond donors (Lipinski definition) is 1. The van der Waals surface area contributed by atoms with E-state index in [1.54, 1.807) is 0 Å². The summed E-state index contributed by atoms with van der Waals surface area (Å²) in [4.78, 5) is 0. The van der Waals surface area contributed by atoms with Crippen molar-refractivity contribution in [2.24, 2.45) is 5.92 Å². The summed E-state index contributed by atoms with van der Waals surface area (Å²) in [7, 11) is -2.99. The van der Waals surface area contributed by atoms with Gasteiger partial charge in [-0.15, -0.1) is 0 Å². The van der Waals surface area contributed by atoms with E-state index >= 15 is 0 Å². The van der Waals surface area contributed by atoms with E-state index in [1.807, 2.05) is 13.8 Å². The van der Waals surface area contributed by atoms with Crippen LogP contribution in [0.5, 0.6) is 0 Å². The van der Waals surface area contributed by atoms with Gasteiger partial charge < -0.3 is 5.32 Å². The van der Waals surface area contributed by atoms with Crippen molar-refractivity contribution >= 4 is 9.84 Å². The van der Waals surface area contributed by atoms with Gasteiger partial charge in [0, 0.05) is 6.04 Å². The van der Waals surface area contributed by atoms with Gasteiger partial charge in [0.25, 0.3) is 0 Å². The van der Waals surface area contributed by atoms with Crippen LogP contribution in [0.4, 0.5) is 0 Å². The molecule has 0 saturated heterocycles. The molecule has 0 aromatic carbocycles. The molecule has 3 atom stereocenters. The van der Waals surface area contributed by atoms with Crippen LogP contribution in [-0.4, -0.2) is 31.5 Å². The third kappa shape index (κ3) is 4.45. The predicted molar refractivity (Wildman–Crippen MR) is 82.2 cm³/mol. The second kappa shape index (κ2) is 7.63. The van der Waals surface area contributed by atoms with Crippen molar-refractivity contribution in [1.82, 2.24) is 5.32 Å². The van der Waals surface area contributed by atoms with Gasteiger partial charge in [-0.2, -0.15) is 0 Å². The lowest BCUT2D eigenvalue weighted by Gasteiger charge is -2.37. The van der Waals surface area contributed by atoms with Crippen molar-refractivity contribution in [2.75, 3.05) is 6.54 Å². The lowest BCUT2D eigenvalue weighted by atomic mass is 9.83. The average molecular weight is 289 g/mol. The first-order valence-corrected chi connectivity index (χ1v) is 9.50. The average Bonchev–Trinajstić information content (AvgIpc) is 2.37. The molecule has 1 N–H and O–H groups in total. The Kier molecular flexibility index (Phi) is 6.81. The minimum absolute atomic E-state index is 0.167. The van der Waals surface area contributed by atoms with Gasteiger partial charge in [-0.05, 0) is 52.0 Å². The zero-order chi connectivity index (χ0) is 14.5. The van der Waals surface area contributed by atoms with E-state index < -0.39 is 9.84 Å². The zero-order valence-electron chi connectivity index (χ0n) is 13.0. The van der Waals surface area contributed by atoms with Crippen molar-refractivity contribution < 1.29 is 8.42 Å². The highest BCUT2D eigenvalue weighted by Crippen LogP contribution is 2.33. The van der Waals surface area contributed by atoms with Crippen molar-refractivity contribution in [2.45, 2.75) is 82.8 Å². The summed E-state index contributed by atoms with van der Waals surface area (Å²) in [6.07, 6.45) is 6.44. The van der Waals surface area contributed by atoms with E-state index in [0.29, 0.717) is 5.92 Å². The first-order chi connectivity index (χ1) is 8.93. The molecule has 0 heterocycles. The van der Waals surface area contributed by atoms with E-state index in [1.165, 1.54) is 12.8 Å². The molecule has 1 aliphatic rings. The Bertz CT molecular complexity index is 351. The Balaban J connectivity index is 2.82. The van der Waals surface area contributed by atoms with Crippen LogP contribution in [0.3, 0.4) is 0 Å². The summed E-state index contributed by atoms with van der Waals surface area (Å²) in [6.45, 7) is 8.87. The fraction of sp³-hybridized carbons (Fsp3) is 1.00. The molecule has 0 aliphatic heterocycles. The Hall–Kier alpha value is -0.0900. The molecule has 1 fully saturated rings. The number of rotatable bonds is 7. The van der Waals surface area contributed by atoms with Crippen LogP contribution in [0.25, 0.3) is 0 Å². The third-order valence-electron chi connectivity index (χ3n) is 4.33. The number of sulfone groups is 1. The summed E-state index contributed by atoms with van der Waals surface area (Å²) in [5.41, 5.74) is 0. The maximum atomic E-state index is 12.6. The van der Waals surface area contributed by atoms with Crippen molar-refractivity contribution in [3.63, 3.8) is 0 Å². The Labute approximate surface area is 119 Å². The summed E-state index contributed by atoms with van der Waals surface area (Å²) < 4.78 is 25.1. The molecule has 0 radical (unpaired) electrons. The second-order valence-electron chi connectivity index (χ2n) is 6.20. The van der Waals surface area contributed by atoms with Crippen LogP contribution in [0, 0.1) is 5.92 Å². The van der Waals surface area contributed by atoms with Crippen LogP contribution in [0.2, 0.25) is 0 Å². The summed E-state index contributed by atoms with van der Waals surface area (Å²) >= 11 is 0. The third-order valence-corrected chi connectivity index (χ3v) is 7.01. The maximum absolute atomic E-state index is 12.6. The van der Waals surface area contributed by atoms with Gasteiger partial charge in [-0.25, -0.2) is 8.42 Å². The number of hydrogen-bond acceptors (Lipinski definition) is 3. The molecule has 19 heavy (non-hydrogen) atoms. The van der Waals surface area contributed by atoms with Gasteiger partial charge in [-0.1, -0.05) is 26.7 Å². The fourth-order valence-corrected chi connectivity index (χ4v) is 5.09. The van der Waals surface area contributed by atoms with Crippen molar-refractivity contribution in [3.8, 4) is 0 Å². The van der Waals surface area contributed by atoms with E-state index in [4.69, 9.17) is 0 Å². The molecule has 1 rings (SSSR count). The van der Waals surface area contributed by atoms with Gasteiger partial charge in [0.1, 0.15) is 0 Å². The molecule has 114 valence electrons. The first-order valence-electron chi connectivity index (χ1n) is 7.89. The molecule has 1 aliphatic carbocycles. The monoisotopic (exact) mass is 289 g/mol. The predicted octanol–water partition coefficient (Wildman–Crippen LogP) is 3.15. The minimum Gasteiger partial charge on any atom is -0.313 e. The lowest BCUT2D eigenvalue weighted by Crippen LogP contribution is -2.50. The van der Waals surface area contributed by atoms with Gasteiger partial charge in [0.15, 0.2) is 9.84 Å². The lowest BCUT2D eigenvalue weighted by molar-refractivity contribution is 0.279. The van der Waals surface area contributed by atoms with Gasteiger partial charge in [-0.3, -0.25) is 0 Å². The maximum Gasteiger partial charge on any atom is 0.157 e. The molecule has 3 nitrogen and oxygen atoms in total. The molecule has 3 unspecified atom stereocenters. The molecule has 0 aromatic heterocycles. The van der Waals surface area contributed by atoms with Crippen LogP contribution in [-0.2, 0) is 9.84 Å². The van der Waals surface area contributed by atoms with Gasteiger partial charge in [0.05, 0.1) is 10.5 Å². The van der Waals surface area contributed by atoms with E-state index in [0.717, 1.165) is 32.2 Å². The smallest absolute Gasteiger partial charge is 0.157 e. The topological polar surface area (TPSA) is 46.2 Å². The minimum atomic E-state index is -2.99. The summed E-state index contributed by atoms with van der Waals surface area (Å²) in [6, 6.07) is 0.167. The van der Waals surface area contributed by atoms with E-state index in [-0.39, 0.29) is 16.5 Å². The van der Waals surface area contributed by atoms with E-state index in [9.17, 15) is 8.42 Å². The van der Waals surface area contributed by atoms with Crippen LogP contribution in [0.15, 0.2) is 0 Å². The molecule has 0 spiro atoms. The second-order valence-corrected chi connectivity index (χ2v) is 8.93. The first kappa shape index (κ1) is 17.0. The Morgan fingerprint density at radius 2 is 1.84 bits per heavy atom. The Morgan fingerprint density at radius 1 is 1.16 bits per heavy atom. The molecule has 0 aromatic rings. The number of nitrogens with one attached hydrogen (secondary N) is 1. The molecule has 0 bridgehead atoms. The standard InChI is InChI=1S/C15H31NO2S/c1-5-7-13-8-9-14(16-10-6-2)15(11-13)19(17,18)12(3)4/h12-16H,5-11H2,1-4H3. The highest BCUT2D eigenvalue weighted by molar-refractivity contribution is 7.92. The van der Waals surface area contributed by atoms with Crippen LogP contribution in [0.1, 0.15) is 66.2 Å². The van der Waals surface area contributed by atoms with Crippen molar-refractivity contribution in [1.29, 1.82) is 0 Å². The van der Waals surface area contributed by atoms with Gasteiger partial charge >= 0.3 is 0 Å². The molecule has 4 heteroatoms. The van der Waals surface area contributed by atoms with E-state index in [2.05, 4.69) is 19.2 Å². The Morgan fingerprint density at radius 3 is 2.37 bits per heavy atom. The highest BCUT2D eigenvalue weighted by atomic mass is 32.2. The highest BCUT2D eigenvalue weighted by Gasteiger charge is 2.39. The quantitative estimate of drug-likeness (QED) is 0.783. The van der Waals surface area contributed by atoms with Gasteiger partial charge in [0.2, 0.25) is 0 Å². The molecular formula is C15H31NO2S. The largest absolute Gasteiger partial charge is 0.313 e. The van der Waals surface area contributed by atoms with Crippen LogP contribution < -0.4 is 5.32 Å².